The van der Waals surface area contributed by atoms with Crippen molar-refractivity contribution in [2.45, 2.75) is 24.9 Å². The number of carboxylic acid groups (broad SMARTS) is 1. The first kappa shape index (κ1) is 15.9. The summed E-state index contributed by atoms with van der Waals surface area (Å²) in [6.45, 7) is 0. The summed E-state index contributed by atoms with van der Waals surface area (Å²) >= 11 is 0. The molecule has 0 bridgehead atoms. The lowest BCUT2D eigenvalue weighted by Crippen LogP contribution is -2.35. The number of ether oxygens (including phenoxy) is 1. The molecule has 22 heavy (non-hydrogen) atoms. The number of hydrogen-bond acceptors (Lipinski definition) is 3. The van der Waals surface area contributed by atoms with E-state index < -0.39 is 35.8 Å². The maximum Gasteiger partial charge on any atom is 0.408 e. The second kappa shape index (κ2) is 6.55. The Balaban J connectivity index is 2.27. The molecular weight excluding hydrogens is 296 g/mol. The topological polar surface area (TPSA) is 66.8 Å². The predicted molar refractivity (Wildman–Crippen MR) is 73.1 cm³/mol. The Morgan fingerprint density at radius 1 is 1.27 bits per heavy atom. The van der Waals surface area contributed by atoms with Crippen LogP contribution < -0.4 is 0 Å². The summed E-state index contributed by atoms with van der Waals surface area (Å²) in [5, 5.41) is 9.36. The molecule has 7 heteroatoms. The van der Waals surface area contributed by atoms with Crippen LogP contribution in [0.3, 0.4) is 0 Å². The van der Waals surface area contributed by atoms with E-state index in [4.69, 9.17) is 0 Å². The Labute approximate surface area is 125 Å². The van der Waals surface area contributed by atoms with Gasteiger partial charge in [0.25, 0.3) is 0 Å². The molecule has 0 spiro atoms. The highest BCUT2D eigenvalue weighted by Gasteiger charge is 2.37. The molecular formula is C15H15F2NO4. The minimum Gasteiger partial charge on any atom is -0.466 e. The Hall–Kier alpha value is -2.44. The van der Waals surface area contributed by atoms with Crippen LogP contribution in [0.2, 0.25) is 0 Å². The van der Waals surface area contributed by atoms with Crippen LogP contribution in [0.1, 0.15) is 24.4 Å². The SMILES string of the molecule is COC(=O)/C=C/[C@H]1CC[C@@H](c2cc(F)cc(F)c2)N1C(=O)O. The molecule has 1 heterocycles. The van der Waals surface area contributed by atoms with E-state index in [0.29, 0.717) is 12.8 Å². The van der Waals surface area contributed by atoms with Crippen molar-refractivity contribution < 1.29 is 28.2 Å². The van der Waals surface area contributed by atoms with Gasteiger partial charge in [-0.15, -0.1) is 0 Å². The van der Waals surface area contributed by atoms with E-state index in [-0.39, 0.29) is 5.56 Å². The van der Waals surface area contributed by atoms with Crippen molar-refractivity contribution in [1.29, 1.82) is 0 Å². The largest absolute Gasteiger partial charge is 0.466 e. The molecule has 1 aliphatic heterocycles. The number of nitrogens with zero attached hydrogens (tertiary/aromatic N) is 1. The fraction of sp³-hybridized carbons (Fsp3) is 0.333. The first-order valence-corrected chi connectivity index (χ1v) is 6.65. The van der Waals surface area contributed by atoms with E-state index in [9.17, 15) is 23.5 Å². The molecule has 2 atom stereocenters. The summed E-state index contributed by atoms with van der Waals surface area (Å²) < 4.78 is 31.1. The molecule has 1 saturated heterocycles. The normalized spacial score (nSPS) is 21.3. The van der Waals surface area contributed by atoms with Crippen LogP contribution in [-0.4, -0.2) is 35.2 Å². The smallest absolute Gasteiger partial charge is 0.408 e. The third-order valence-corrected chi connectivity index (χ3v) is 3.58. The lowest BCUT2D eigenvalue weighted by molar-refractivity contribution is -0.134. The summed E-state index contributed by atoms with van der Waals surface area (Å²) in [6, 6.07) is 1.77. The van der Waals surface area contributed by atoms with Crippen molar-refractivity contribution in [3.63, 3.8) is 0 Å². The average Bonchev–Trinajstić information content (AvgIpc) is 2.87. The summed E-state index contributed by atoms with van der Waals surface area (Å²) in [7, 11) is 1.22. The molecule has 1 aromatic rings. The number of carbonyl (C=O) groups excluding carboxylic acids is 1. The van der Waals surface area contributed by atoms with Gasteiger partial charge >= 0.3 is 12.1 Å². The minimum absolute atomic E-state index is 0.258. The number of hydrogen-bond donors (Lipinski definition) is 1. The second-order valence-corrected chi connectivity index (χ2v) is 4.94. The lowest BCUT2D eigenvalue weighted by Gasteiger charge is -2.26. The van der Waals surface area contributed by atoms with Gasteiger partial charge in [-0.25, -0.2) is 18.4 Å². The van der Waals surface area contributed by atoms with Crippen molar-refractivity contribution in [1.82, 2.24) is 4.90 Å². The van der Waals surface area contributed by atoms with Crippen molar-refractivity contribution in [3.05, 3.63) is 47.5 Å². The van der Waals surface area contributed by atoms with E-state index in [0.717, 1.165) is 29.2 Å². The van der Waals surface area contributed by atoms with Crippen molar-refractivity contribution in [3.8, 4) is 0 Å². The number of amides is 1. The van der Waals surface area contributed by atoms with Gasteiger partial charge in [-0.3, -0.25) is 4.90 Å². The van der Waals surface area contributed by atoms with Crippen LogP contribution in [0.5, 0.6) is 0 Å². The van der Waals surface area contributed by atoms with Gasteiger partial charge in [-0.1, -0.05) is 6.08 Å². The van der Waals surface area contributed by atoms with Gasteiger partial charge in [0.15, 0.2) is 0 Å². The zero-order valence-corrected chi connectivity index (χ0v) is 11.8. The summed E-state index contributed by atoms with van der Waals surface area (Å²) in [6.07, 6.45) is 2.21. The number of benzene rings is 1. The number of rotatable bonds is 3. The van der Waals surface area contributed by atoms with Crippen molar-refractivity contribution in [2.24, 2.45) is 0 Å². The zero-order chi connectivity index (χ0) is 16.3. The first-order valence-electron chi connectivity index (χ1n) is 6.65. The van der Waals surface area contributed by atoms with Crippen LogP contribution >= 0.6 is 0 Å². The molecule has 0 unspecified atom stereocenters. The van der Waals surface area contributed by atoms with Gasteiger partial charge in [0, 0.05) is 12.1 Å². The summed E-state index contributed by atoms with van der Waals surface area (Å²) in [5.41, 5.74) is 0.258. The van der Waals surface area contributed by atoms with Gasteiger partial charge in [0.1, 0.15) is 11.6 Å². The van der Waals surface area contributed by atoms with Crippen LogP contribution in [0.25, 0.3) is 0 Å². The maximum absolute atomic E-state index is 13.3. The number of methoxy groups -OCH3 is 1. The molecule has 5 nitrogen and oxygen atoms in total. The molecule has 1 aliphatic rings. The van der Waals surface area contributed by atoms with E-state index in [2.05, 4.69) is 4.74 Å². The fourth-order valence-corrected chi connectivity index (χ4v) is 2.65. The Kier molecular flexibility index (Phi) is 4.75. The molecule has 0 saturated carbocycles. The van der Waals surface area contributed by atoms with Gasteiger partial charge in [-0.2, -0.15) is 0 Å². The third-order valence-electron chi connectivity index (χ3n) is 3.58. The average molecular weight is 311 g/mol. The fourth-order valence-electron chi connectivity index (χ4n) is 2.65. The third kappa shape index (κ3) is 3.41. The van der Waals surface area contributed by atoms with Crippen LogP contribution in [0, 0.1) is 11.6 Å². The maximum atomic E-state index is 13.3. The van der Waals surface area contributed by atoms with E-state index in [1.165, 1.54) is 13.2 Å². The van der Waals surface area contributed by atoms with Crippen LogP contribution in [0.15, 0.2) is 30.4 Å². The first-order chi connectivity index (χ1) is 10.4. The molecule has 1 fully saturated rings. The highest BCUT2D eigenvalue weighted by molar-refractivity contribution is 5.82. The van der Waals surface area contributed by atoms with E-state index in [1.807, 2.05) is 0 Å². The summed E-state index contributed by atoms with van der Waals surface area (Å²) in [4.78, 5) is 23.7. The van der Waals surface area contributed by atoms with E-state index in [1.54, 1.807) is 0 Å². The zero-order valence-electron chi connectivity index (χ0n) is 11.8. The van der Waals surface area contributed by atoms with Gasteiger partial charge < -0.3 is 9.84 Å². The Morgan fingerprint density at radius 2 is 1.91 bits per heavy atom. The van der Waals surface area contributed by atoms with Crippen LogP contribution in [-0.2, 0) is 9.53 Å². The van der Waals surface area contributed by atoms with Crippen molar-refractivity contribution in [2.75, 3.05) is 7.11 Å². The Bertz CT molecular complexity index is 597. The summed E-state index contributed by atoms with van der Waals surface area (Å²) in [5.74, 6) is -2.10. The molecule has 1 amide bonds. The standard InChI is InChI=1S/C15H15F2NO4/c1-22-14(19)5-3-12-2-4-13(18(12)15(20)21)9-6-10(16)8-11(17)7-9/h3,5-8,12-13H,2,4H2,1H3,(H,20,21)/b5-3+/t12-,13+/m1/s1. The van der Waals surface area contributed by atoms with Crippen LogP contribution in [0.4, 0.5) is 13.6 Å². The molecule has 118 valence electrons. The number of esters is 1. The molecule has 0 radical (unpaired) electrons. The molecule has 1 aromatic carbocycles. The Morgan fingerprint density at radius 3 is 2.45 bits per heavy atom. The molecule has 0 aliphatic carbocycles. The molecule has 2 rings (SSSR count). The highest BCUT2D eigenvalue weighted by Crippen LogP contribution is 2.37. The highest BCUT2D eigenvalue weighted by atomic mass is 19.1. The van der Waals surface area contributed by atoms with Gasteiger partial charge in [0.2, 0.25) is 0 Å². The monoisotopic (exact) mass is 311 g/mol. The number of likely N-dealkylation sites (tertiary alicyclic amines) is 1. The second-order valence-electron chi connectivity index (χ2n) is 4.94. The van der Waals surface area contributed by atoms with Gasteiger partial charge in [0.05, 0.1) is 19.2 Å². The predicted octanol–water partition coefficient (Wildman–Crippen LogP) is 2.88. The minimum atomic E-state index is -1.22. The number of carbonyl (C=O) groups is 2. The van der Waals surface area contributed by atoms with Gasteiger partial charge in [-0.05, 0) is 30.5 Å². The number of halogens is 2. The molecule has 0 aromatic heterocycles. The molecule has 1 N–H and O–H groups in total. The van der Waals surface area contributed by atoms with Crippen molar-refractivity contribution >= 4 is 12.1 Å². The quantitative estimate of drug-likeness (QED) is 0.688. The lowest BCUT2D eigenvalue weighted by atomic mass is 10.0. The van der Waals surface area contributed by atoms with E-state index >= 15 is 0 Å².